The minimum Gasteiger partial charge on any atom is -0.469 e. The maximum absolute atomic E-state index is 5.62. The highest BCUT2D eigenvalue weighted by Crippen LogP contribution is 2.36. The molecule has 2 nitrogen and oxygen atoms in total. The highest BCUT2D eigenvalue weighted by Gasteiger charge is 2.19. The topological polar surface area (TPSA) is 26.3 Å². The van der Waals surface area contributed by atoms with E-state index in [-0.39, 0.29) is 0 Å². The molecule has 4 rings (SSSR count). The van der Waals surface area contributed by atoms with Gasteiger partial charge in [-0.3, -0.25) is 0 Å². The second kappa shape index (κ2) is 3.64. The number of para-hydroxylation sites is 1. The fourth-order valence-electron chi connectivity index (χ4n) is 2.67. The predicted octanol–water partition coefficient (Wildman–Crippen LogP) is 4.40. The Kier molecular flexibility index (Phi) is 1.97. The molecule has 2 heteroatoms. The first-order valence-corrected chi connectivity index (χ1v) is 6.17. The molecule has 1 aromatic carbocycles. The van der Waals surface area contributed by atoms with Gasteiger partial charge in [-0.05, 0) is 24.1 Å². The van der Waals surface area contributed by atoms with Crippen LogP contribution in [0.1, 0.15) is 23.3 Å². The van der Waals surface area contributed by atoms with Crippen molar-refractivity contribution in [3.63, 3.8) is 0 Å². The van der Waals surface area contributed by atoms with Crippen LogP contribution in [0.2, 0.25) is 0 Å². The Bertz CT molecular complexity index is 743. The molecule has 88 valence electrons. The van der Waals surface area contributed by atoms with Crippen molar-refractivity contribution < 1.29 is 8.83 Å². The third-order valence-corrected chi connectivity index (χ3v) is 3.53. The number of aryl methyl sites for hydroxylation is 1. The summed E-state index contributed by atoms with van der Waals surface area (Å²) in [5.41, 5.74) is 4.53. The monoisotopic (exact) mass is 236 g/mol. The number of benzene rings is 1. The molecule has 2 aromatic heterocycles. The molecule has 0 saturated heterocycles. The van der Waals surface area contributed by atoms with Gasteiger partial charge >= 0.3 is 0 Å². The first-order valence-electron chi connectivity index (χ1n) is 6.17. The van der Waals surface area contributed by atoms with Gasteiger partial charge in [-0.1, -0.05) is 24.3 Å². The summed E-state index contributed by atoms with van der Waals surface area (Å²) in [7, 11) is 0. The molecule has 1 aliphatic carbocycles. The molecule has 0 aliphatic heterocycles. The van der Waals surface area contributed by atoms with E-state index < -0.39 is 0 Å². The standard InChI is InChI=1S/C16H12O2/c1-2-6-16-12(4-1)14(10-18-16)11-5-3-7-15-13(11)8-9-17-15/h1-2,4-6,8-10H,3,7H2. The van der Waals surface area contributed by atoms with Crippen LogP contribution in [0.4, 0.5) is 0 Å². The molecule has 18 heavy (non-hydrogen) atoms. The first-order chi connectivity index (χ1) is 8.93. The summed E-state index contributed by atoms with van der Waals surface area (Å²) >= 11 is 0. The fourth-order valence-corrected chi connectivity index (χ4v) is 2.67. The Hall–Kier alpha value is -2.22. The van der Waals surface area contributed by atoms with Crippen LogP contribution in [0.5, 0.6) is 0 Å². The molecule has 2 heterocycles. The normalized spacial score (nSPS) is 14.6. The highest BCUT2D eigenvalue weighted by molar-refractivity contribution is 5.96. The third kappa shape index (κ3) is 1.29. The van der Waals surface area contributed by atoms with E-state index in [0.717, 1.165) is 35.1 Å². The Morgan fingerprint density at radius 2 is 1.89 bits per heavy atom. The quantitative estimate of drug-likeness (QED) is 0.625. The van der Waals surface area contributed by atoms with Gasteiger partial charge in [0.2, 0.25) is 0 Å². The SMILES string of the molecule is C1=C(c2coc3ccccc23)c2ccoc2CC1. The average Bonchev–Trinajstić information content (AvgIpc) is 3.05. The van der Waals surface area contributed by atoms with Crippen LogP contribution in [-0.4, -0.2) is 0 Å². The van der Waals surface area contributed by atoms with Crippen LogP contribution in [-0.2, 0) is 6.42 Å². The average molecular weight is 236 g/mol. The van der Waals surface area contributed by atoms with Gasteiger partial charge in [-0.15, -0.1) is 0 Å². The van der Waals surface area contributed by atoms with Crippen molar-refractivity contribution in [3.05, 3.63) is 65.8 Å². The smallest absolute Gasteiger partial charge is 0.134 e. The van der Waals surface area contributed by atoms with Gasteiger partial charge in [0.1, 0.15) is 11.3 Å². The third-order valence-electron chi connectivity index (χ3n) is 3.53. The first kappa shape index (κ1) is 9.77. The summed E-state index contributed by atoms with van der Waals surface area (Å²) in [6, 6.07) is 10.2. The number of allylic oxidation sites excluding steroid dienone is 1. The van der Waals surface area contributed by atoms with Gasteiger partial charge in [0.25, 0.3) is 0 Å². The van der Waals surface area contributed by atoms with Gasteiger partial charge in [-0.25, -0.2) is 0 Å². The number of hydrogen-bond donors (Lipinski definition) is 0. The van der Waals surface area contributed by atoms with Crippen molar-refractivity contribution in [2.24, 2.45) is 0 Å². The Labute approximate surface area is 105 Å². The number of rotatable bonds is 1. The number of hydrogen-bond acceptors (Lipinski definition) is 2. The zero-order valence-electron chi connectivity index (χ0n) is 9.85. The van der Waals surface area contributed by atoms with E-state index >= 15 is 0 Å². The molecule has 1 aliphatic rings. The molecular weight excluding hydrogens is 224 g/mol. The van der Waals surface area contributed by atoms with Crippen LogP contribution in [0.3, 0.4) is 0 Å². The van der Waals surface area contributed by atoms with Crippen LogP contribution in [0, 0.1) is 0 Å². The highest BCUT2D eigenvalue weighted by atomic mass is 16.3. The molecule has 0 amide bonds. The molecule has 3 aromatic rings. The minimum atomic E-state index is 0.934. The van der Waals surface area contributed by atoms with E-state index in [1.807, 2.05) is 30.5 Å². The lowest BCUT2D eigenvalue weighted by Crippen LogP contribution is -1.96. The summed E-state index contributed by atoms with van der Waals surface area (Å²) in [6.45, 7) is 0. The second-order valence-corrected chi connectivity index (χ2v) is 4.56. The summed E-state index contributed by atoms with van der Waals surface area (Å²) in [6.07, 6.45) is 7.90. The number of furan rings is 2. The van der Waals surface area contributed by atoms with Gasteiger partial charge in [0.05, 0.1) is 12.5 Å². The number of fused-ring (bicyclic) bond motifs is 2. The summed E-state index contributed by atoms with van der Waals surface area (Å²) in [5.74, 6) is 1.08. The Balaban J connectivity index is 1.96. The Morgan fingerprint density at radius 3 is 2.89 bits per heavy atom. The second-order valence-electron chi connectivity index (χ2n) is 4.56. The van der Waals surface area contributed by atoms with E-state index in [2.05, 4.69) is 12.1 Å². The van der Waals surface area contributed by atoms with E-state index in [9.17, 15) is 0 Å². The minimum absolute atomic E-state index is 0.934. The summed E-state index contributed by atoms with van der Waals surface area (Å²) in [4.78, 5) is 0. The van der Waals surface area contributed by atoms with Crippen LogP contribution < -0.4 is 0 Å². The molecule has 0 spiro atoms. The maximum atomic E-state index is 5.62. The van der Waals surface area contributed by atoms with Crippen molar-refractivity contribution in [2.75, 3.05) is 0 Å². The maximum Gasteiger partial charge on any atom is 0.134 e. The lowest BCUT2D eigenvalue weighted by atomic mass is 9.91. The molecule has 0 unspecified atom stereocenters. The van der Waals surface area contributed by atoms with Crippen molar-refractivity contribution in [3.8, 4) is 0 Å². The van der Waals surface area contributed by atoms with E-state index in [0.29, 0.717) is 0 Å². The fraction of sp³-hybridized carbons (Fsp3) is 0.125. The van der Waals surface area contributed by atoms with Gasteiger partial charge < -0.3 is 8.83 Å². The van der Waals surface area contributed by atoms with Crippen molar-refractivity contribution in [1.29, 1.82) is 0 Å². The van der Waals surface area contributed by atoms with Gasteiger partial charge in [-0.2, -0.15) is 0 Å². The Morgan fingerprint density at radius 1 is 0.944 bits per heavy atom. The van der Waals surface area contributed by atoms with Gasteiger partial charge in [0, 0.05) is 22.9 Å². The molecule has 0 N–H and O–H groups in total. The summed E-state index contributed by atoms with van der Waals surface area (Å²) < 4.78 is 11.1. The zero-order valence-corrected chi connectivity index (χ0v) is 9.85. The largest absolute Gasteiger partial charge is 0.469 e. The van der Waals surface area contributed by atoms with Crippen molar-refractivity contribution in [2.45, 2.75) is 12.8 Å². The lowest BCUT2D eigenvalue weighted by Gasteiger charge is -2.11. The molecular formula is C16H12O2. The van der Waals surface area contributed by atoms with Crippen molar-refractivity contribution in [1.82, 2.24) is 0 Å². The van der Waals surface area contributed by atoms with Crippen LogP contribution in [0.25, 0.3) is 16.5 Å². The lowest BCUT2D eigenvalue weighted by molar-refractivity contribution is 0.507. The molecule has 0 fully saturated rings. The molecule has 0 saturated carbocycles. The summed E-state index contributed by atoms with van der Waals surface area (Å²) in [5, 5.41) is 1.16. The molecule has 0 radical (unpaired) electrons. The molecule has 0 atom stereocenters. The van der Waals surface area contributed by atoms with Gasteiger partial charge in [0.15, 0.2) is 0 Å². The predicted molar refractivity (Wildman–Crippen MR) is 70.3 cm³/mol. The molecule has 0 bridgehead atoms. The van der Waals surface area contributed by atoms with Crippen molar-refractivity contribution >= 4 is 16.5 Å². The van der Waals surface area contributed by atoms with E-state index in [1.165, 1.54) is 11.1 Å². The van der Waals surface area contributed by atoms with E-state index in [4.69, 9.17) is 8.83 Å². The zero-order chi connectivity index (χ0) is 11.9. The van der Waals surface area contributed by atoms with E-state index in [1.54, 1.807) is 6.26 Å². The van der Waals surface area contributed by atoms with Crippen LogP contribution in [0.15, 0.2) is 57.8 Å². The van der Waals surface area contributed by atoms with Crippen LogP contribution >= 0.6 is 0 Å².